The third-order valence-corrected chi connectivity index (χ3v) is 6.31. The molecule has 192 valence electrons. The van der Waals surface area contributed by atoms with Crippen molar-refractivity contribution in [2.45, 2.75) is 31.6 Å². The van der Waals surface area contributed by atoms with Crippen molar-refractivity contribution < 1.29 is 27.0 Å². The molecule has 0 spiro atoms. The van der Waals surface area contributed by atoms with E-state index in [0.717, 1.165) is 55.4 Å². The van der Waals surface area contributed by atoms with Gasteiger partial charge in [0, 0.05) is 44.6 Å². The molecule has 4 heterocycles. The molecule has 2 aliphatic rings. The molecule has 1 N–H and O–H groups in total. The first kappa shape index (κ1) is 24.6. The van der Waals surface area contributed by atoms with Gasteiger partial charge in [0.1, 0.15) is 5.69 Å². The second-order valence-electron chi connectivity index (χ2n) is 8.78. The molecule has 2 saturated heterocycles. The van der Waals surface area contributed by atoms with Gasteiger partial charge < -0.3 is 19.4 Å². The van der Waals surface area contributed by atoms with Crippen molar-refractivity contribution in [3.63, 3.8) is 0 Å². The van der Waals surface area contributed by atoms with Crippen molar-refractivity contribution >= 4 is 11.6 Å². The van der Waals surface area contributed by atoms with E-state index < -0.39 is 23.9 Å². The summed E-state index contributed by atoms with van der Waals surface area (Å²) < 4.78 is 67.7. The summed E-state index contributed by atoms with van der Waals surface area (Å²) in [6.45, 7) is 4.65. The van der Waals surface area contributed by atoms with Crippen LogP contribution in [-0.2, 0) is 22.2 Å². The Morgan fingerprint density at radius 3 is 2.33 bits per heavy atom. The van der Waals surface area contributed by atoms with Crippen molar-refractivity contribution in [1.82, 2.24) is 24.4 Å². The molecule has 2 aromatic heterocycles. The molecule has 36 heavy (non-hydrogen) atoms. The van der Waals surface area contributed by atoms with Gasteiger partial charge in [-0.2, -0.15) is 13.2 Å². The van der Waals surface area contributed by atoms with E-state index in [9.17, 15) is 17.6 Å². The van der Waals surface area contributed by atoms with Crippen LogP contribution in [0.5, 0.6) is 0 Å². The third-order valence-electron chi connectivity index (χ3n) is 6.31. The normalized spacial score (nSPS) is 17.9. The second-order valence-corrected chi connectivity index (χ2v) is 8.78. The van der Waals surface area contributed by atoms with Crippen LogP contribution in [-0.4, -0.2) is 63.9 Å². The number of ether oxygens (including phenoxy) is 2. The number of alkyl halides is 3. The van der Waals surface area contributed by atoms with Gasteiger partial charge in [-0.3, -0.25) is 4.90 Å². The predicted molar refractivity (Wildman–Crippen MR) is 123 cm³/mol. The Morgan fingerprint density at radius 1 is 0.944 bits per heavy atom. The van der Waals surface area contributed by atoms with Gasteiger partial charge in [-0.15, -0.1) is 0 Å². The van der Waals surface area contributed by atoms with Gasteiger partial charge in [0.15, 0.2) is 5.82 Å². The number of nitrogens with zero attached hydrogens (tertiary/aromatic N) is 5. The lowest BCUT2D eigenvalue weighted by Gasteiger charge is -2.27. The van der Waals surface area contributed by atoms with Crippen molar-refractivity contribution in [2.75, 3.05) is 44.8 Å². The maximum atomic E-state index is 14.8. The highest BCUT2D eigenvalue weighted by molar-refractivity contribution is 5.60. The monoisotopic (exact) mass is 506 g/mol. The molecule has 0 saturated carbocycles. The minimum Gasteiger partial charge on any atom is -0.381 e. The topological polar surface area (TPSA) is 77.3 Å². The van der Waals surface area contributed by atoms with Crippen LogP contribution in [0.2, 0.25) is 0 Å². The maximum Gasteiger partial charge on any atom is 0.449 e. The van der Waals surface area contributed by atoms with E-state index in [0.29, 0.717) is 31.7 Å². The SMILES string of the molecule is Fc1cnc(Nc2ccc(CN3CCOCC3)cc2)nc1-c1cnc(C(F)(F)F)n1C1CCOCC1. The van der Waals surface area contributed by atoms with Crippen LogP contribution in [0.4, 0.5) is 29.2 Å². The molecule has 0 amide bonds. The fourth-order valence-corrected chi connectivity index (χ4v) is 4.51. The quantitative estimate of drug-likeness (QED) is 0.496. The Balaban J connectivity index is 1.39. The van der Waals surface area contributed by atoms with Gasteiger partial charge in [-0.05, 0) is 30.5 Å². The lowest BCUT2D eigenvalue weighted by molar-refractivity contribution is -0.148. The summed E-state index contributed by atoms with van der Waals surface area (Å²) in [5, 5.41) is 3.01. The highest BCUT2D eigenvalue weighted by Gasteiger charge is 2.40. The molecule has 1 aromatic carbocycles. The molecular formula is C24H26F4N6O2. The average molecular weight is 507 g/mol. The molecule has 8 nitrogen and oxygen atoms in total. The average Bonchev–Trinajstić information content (AvgIpc) is 3.33. The van der Waals surface area contributed by atoms with E-state index in [2.05, 4.69) is 25.2 Å². The zero-order valence-electron chi connectivity index (χ0n) is 19.5. The Hall–Kier alpha value is -3.09. The summed E-state index contributed by atoms with van der Waals surface area (Å²) in [5.41, 5.74) is 1.51. The number of hydrogen-bond acceptors (Lipinski definition) is 7. The first-order chi connectivity index (χ1) is 17.4. The van der Waals surface area contributed by atoms with E-state index in [1.165, 1.54) is 0 Å². The van der Waals surface area contributed by atoms with Crippen LogP contribution in [0.1, 0.15) is 30.3 Å². The fraction of sp³-hybridized carbons (Fsp3) is 0.458. The van der Waals surface area contributed by atoms with Gasteiger partial charge in [0.05, 0.1) is 31.3 Å². The van der Waals surface area contributed by atoms with Crippen LogP contribution in [0.3, 0.4) is 0 Å². The highest BCUT2D eigenvalue weighted by Crippen LogP contribution is 2.37. The molecule has 12 heteroatoms. The second kappa shape index (κ2) is 10.5. The largest absolute Gasteiger partial charge is 0.449 e. The molecule has 0 unspecified atom stereocenters. The first-order valence-corrected chi connectivity index (χ1v) is 11.8. The van der Waals surface area contributed by atoms with E-state index in [-0.39, 0.29) is 17.3 Å². The van der Waals surface area contributed by atoms with Gasteiger partial charge >= 0.3 is 6.18 Å². The zero-order valence-corrected chi connectivity index (χ0v) is 19.5. The molecule has 3 aromatic rings. The number of rotatable bonds is 6. The lowest BCUT2D eigenvalue weighted by Crippen LogP contribution is -2.35. The highest BCUT2D eigenvalue weighted by atomic mass is 19.4. The van der Waals surface area contributed by atoms with Gasteiger partial charge in [0.2, 0.25) is 11.8 Å². The number of nitrogens with one attached hydrogen (secondary N) is 1. The Labute approximate surface area is 205 Å². The number of halogens is 4. The Morgan fingerprint density at radius 2 is 1.64 bits per heavy atom. The molecule has 0 aliphatic carbocycles. The summed E-state index contributed by atoms with van der Waals surface area (Å²) in [7, 11) is 0. The zero-order chi connectivity index (χ0) is 25.1. The smallest absolute Gasteiger partial charge is 0.381 e. The van der Waals surface area contributed by atoms with Crippen LogP contribution in [0.25, 0.3) is 11.4 Å². The van der Waals surface area contributed by atoms with Gasteiger partial charge in [-0.1, -0.05) is 12.1 Å². The number of morpholine rings is 1. The van der Waals surface area contributed by atoms with Crippen molar-refractivity contribution in [3.05, 3.63) is 53.9 Å². The third kappa shape index (κ3) is 5.50. The van der Waals surface area contributed by atoms with E-state index in [1.807, 2.05) is 24.3 Å². The standard InChI is InChI=1S/C24H26F4N6O2/c25-19-13-30-23(31-17-3-1-16(2-4-17)15-33-7-11-36-12-8-33)32-21(19)20-14-29-22(24(26,27)28)34(20)18-5-9-35-10-6-18/h1-4,13-14,18H,5-12,15H2,(H,30,31,32). The molecule has 2 aliphatic heterocycles. The van der Waals surface area contributed by atoms with Crippen molar-refractivity contribution in [1.29, 1.82) is 0 Å². The molecule has 0 radical (unpaired) electrons. The molecule has 0 atom stereocenters. The lowest BCUT2D eigenvalue weighted by atomic mass is 10.1. The Kier molecular flexibility index (Phi) is 7.17. The molecular weight excluding hydrogens is 480 g/mol. The summed E-state index contributed by atoms with van der Waals surface area (Å²) in [6, 6.07) is 7.13. The van der Waals surface area contributed by atoms with E-state index >= 15 is 0 Å². The fourth-order valence-electron chi connectivity index (χ4n) is 4.51. The van der Waals surface area contributed by atoms with Crippen molar-refractivity contribution in [2.24, 2.45) is 0 Å². The summed E-state index contributed by atoms with van der Waals surface area (Å²) in [4.78, 5) is 14.1. The number of aromatic nitrogens is 4. The minimum absolute atomic E-state index is 0.0435. The molecule has 0 bridgehead atoms. The van der Waals surface area contributed by atoms with Crippen LogP contribution in [0.15, 0.2) is 36.7 Å². The minimum atomic E-state index is -4.69. The van der Waals surface area contributed by atoms with E-state index in [4.69, 9.17) is 9.47 Å². The summed E-state index contributed by atoms with van der Waals surface area (Å²) >= 11 is 0. The van der Waals surface area contributed by atoms with Crippen LogP contribution >= 0.6 is 0 Å². The summed E-state index contributed by atoms with van der Waals surface area (Å²) in [6.07, 6.45) is -1.99. The number of hydrogen-bond donors (Lipinski definition) is 1. The number of anilines is 2. The molecule has 2 fully saturated rings. The number of imidazole rings is 1. The van der Waals surface area contributed by atoms with Crippen molar-refractivity contribution in [3.8, 4) is 11.4 Å². The van der Waals surface area contributed by atoms with Gasteiger partial charge in [0.25, 0.3) is 0 Å². The summed E-state index contributed by atoms with van der Waals surface area (Å²) in [5.74, 6) is -1.84. The first-order valence-electron chi connectivity index (χ1n) is 11.8. The van der Waals surface area contributed by atoms with Gasteiger partial charge in [-0.25, -0.2) is 19.3 Å². The van der Waals surface area contributed by atoms with E-state index in [1.54, 1.807) is 0 Å². The van der Waals surface area contributed by atoms with Crippen LogP contribution < -0.4 is 5.32 Å². The maximum absolute atomic E-state index is 14.8. The predicted octanol–water partition coefficient (Wildman–Crippen LogP) is 4.43. The Bertz CT molecular complexity index is 1170. The van der Waals surface area contributed by atoms with Crippen LogP contribution in [0, 0.1) is 5.82 Å². The molecule has 5 rings (SSSR count). The number of benzene rings is 1.